The van der Waals surface area contributed by atoms with E-state index in [2.05, 4.69) is 33.1 Å². The first-order valence-corrected chi connectivity index (χ1v) is 6.20. The molecule has 0 aliphatic heterocycles. The van der Waals surface area contributed by atoms with Gasteiger partial charge in [0.2, 0.25) is 0 Å². The summed E-state index contributed by atoms with van der Waals surface area (Å²) in [7, 11) is 3.46. The smallest absolute Gasteiger partial charge is 0.191 e. The van der Waals surface area contributed by atoms with Gasteiger partial charge in [0, 0.05) is 32.1 Å². The summed E-state index contributed by atoms with van der Waals surface area (Å²) in [4.78, 5) is 5.51. The molecule has 1 aromatic heterocycles. The summed E-state index contributed by atoms with van der Waals surface area (Å²) in [5.41, 5.74) is 0. The van der Waals surface area contributed by atoms with Gasteiger partial charge in [-0.2, -0.15) is 0 Å². The van der Waals surface area contributed by atoms with Gasteiger partial charge in [-0.15, -0.1) is 11.3 Å². The van der Waals surface area contributed by atoms with E-state index in [0.717, 1.165) is 25.5 Å². The summed E-state index contributed by atoms with van der Waals surface area (Å²) in [5, 5.41) is 8.52. The average Bonchev–Trinajstić information content (AvgIpc) is 2.80. The van der Waals surface area contributed by atoms with E-state index in [1.807, 2.05) is 0 Å². The number of ether oxygens (including phenoxy) is 1. The molecule has 0 spiro atoms. The van der Waals surface area contributed by atoms with Crippen LogP contribution in [-0.2, 0) is 11.2 Å². The fraction of sp³-hybridized carbons (Fsp3) is 0.545. The van der Waals surface area contributed by atoms with Gasteiger partial charge in [-0.25, -0.2) is 0 Å². The van der Waals surface area contributed by atoms with E-state index in [9.17, 15) is 0 Å². The Labute approximate surface area is 101 Å². The standard InChI is InChI=1S/C11H19N3OS/c1-12-11(14-7-8-15-2)13-6-5-10-4-3-9-16-10/h3-4,9H,5-8H2,1-2H3,(H2,12,13,14). The van der Waals surface area contributed by atoms with Crippen molar-refractivity contribution in [1.29, 1.82) is 0 Å². The Bertz CT molecular complexity index is 298. The minimum Gasteiger partial charge on any atom is -0.383 e. The molecule has 0 atom stereocenters. The van der Waals surface area contributed by atoms with Gasteiger partial charge < -0.3 is 15.4 Å². The van der Waals surface area contributed by atoms with Gasteiger partial charge in [-0.3, -0.25) is 4.99 Å². The zero-order chi connectivity index (χ0) is 11.6. The maximum absolute atomic E-state index is 4.96. The number of rotatable bonds is 6. The zero-order valence-corrected chi connectivity index (χ0v) is 10.6. The van der Waals surface area contributed by atoms with Crippen LogP contribution in [0, 0.1) is 0 Å². The molecule has 1 rings (SSSR count). The molecular formula is C11H19N3OS. The quantitative estimate of drug-likeness (QED) is 0.445. The highest BCUT2D eigenvalue weighted by Gasteiger charge is 1.97. The third kappa shape index (κ3) is 5.14. The molecule has 0 aromatic carbocycles. The second-order valence-corrected chi connectivity index (χ2v) is 4.28. The number of methoxy groups -OCH3 is 1. The molecule has 90 valence electrons. The fourth-order valence-corrected chi connectivity index (χ4v) is 1.96. The molecule has 0 aliphatic rings. The summed E-state index contributed by atoms with van der Waals surface area (Å²) >= 11 is 1.78. The Balaban J connectivity index is 2.14. The van der Waals surface area contributed by atoms with Crippen molar-refractivity contribution in [3.63, 3.8) is 0 Å². The molecule has 0 saturated heterocycles. The number of hydrogen-bond acceptors (Lipinski definition) is 3. The summed E-state index contributed by atoms with van der Waals surface area (Å²) in [5.74, 6) is 0.827. The third-order valence-corrected chi connectivity index (χ3v) is 3.00. The highest BCUT2D eigenvalue weighted by atomic mass is 32.1. The number of hydrogen-bond donors (Lipinski definition) is 2. The summed E-state index contributed by atoms with van der Waals surface area (Å²) in [6.07, 6.45) is 1.03. The first-order valence-electron chi connectivity index (χ1n) is 5.32. The molecule has 0 aliphatic carbocycles. The second-order valence-electron chi connectivity index (χ2n) is 3.25. The lowest BCUT2D eigenvalue weighted by Crippen LogP contribution is -2.39. The molecule has 4 nitrogen and oxygen atoms in total. The Hall–Kier alpha value is -1.07. The van der Waals surface area contributed by atoms with Gasteiger partial charge in [0.15, 0.2) is 5.96 Å². The maximum atomic E-state index is 4.96. The topological polar surface area (TPSA) is 45.7 Å². The van der Waals surface area contributed by atoms with Crippen molar-refractivity contribution >= 4 is 17.3 Å². The molecule has 0 fully saturated rings. The summed E-state index contributed by atoms with van der Waals surface area (Å²) < 4.78 is 4.96. The normalized spacial score (nSPS) is 11.5. The van der Waals surface area contributed by atoms with E-state index in [4.69, 9.17) is 4.74 Å². The Morgan fingerprint density at radius 1 is 1.44 bits per heavy atom. The van der Waals surface area contributed by atoms with Gasteiger partial charge in [0.25, 0.3) is 0 Å². The summed E-state index contributed by atoms with van der Waals surface area (Å²) in [6.45, 7) is 2.36. The lowest BCUT2D eigenvalue weighted by atomic mass is 10.3. The predicted molar refractivity (Wildman–Crippen MR) is 69.3 cm³/mol. The van der Waals surface area contributed by atoms with E-state index in [0.29, 0.717) is 6.61 Å². The number of guanidine groups is 1. The minimum absolute atomic E-state index is 0.686. The minimum atomic E-state index is 0.686. The van der Waals surface area contributed by atoms with Crippen LogP contribution >= 0.6 is 11.3 Å². The maximum Gasteiger partial charge on any atom is 0.191 e. The van der Waals surface area contributed by atoms with Crippen molar-refractivity contribution < 1.29 is 4.74 Å². The van der Waals surface area contributed by atoms with Crippen LogP contribution in [-0.4, -0.2) is 39.8 Å². The van der Waals surface area contributed by atoms with Gasteiger partial charge >= 0.3 is 0 Å². The van der Waals surface area contributed by atoms with Crippen molar-refractivity contribution in [1.82, 2.24) is 10.6 Å². The molecule has 2 N–H and O–H groups in total. The largest absolute Gasteiger partial charge is 0.383 e. The molecule has 0 saturated carbocycles. The van der Waals surface area contributed by atoms with Crippen molar-refractivity contribution in [3.05, 3.63) is 22.4 Å². The van der Waals surface area contributed by atoms with Crippen LogP contribution in [0.2, 0.25) is 0 Å². The second kappa shape index (κ2) is 8.13. The monoisotopic (exact) mass is 241 g/mol. The van der Waals surface area contributed by atoms with Crippen LogP contribution < -0.4 is 10.6 Å². The van der Waals surface area contributed by atoms with Crippen LogP contribution in [0.15, 0.2) is 22.5 Å². The van der Waals surface area contributed by atoms with E-state index >= 15 is 0 Å². The summed E-state index contributed by atoms with van der Waals surface area (Å²) in [6, 6.07) is 4.22. The molecule has 0 radical (unpaired) electrons. The van der Waals surface area contributed by atoms with Crippen LogP contribution in [0.25, 0.3) is 0 Å². The van der Waals surface area contributed by atoms with Crippen LogP contribution in [0.1, 0.15) is 4.88 Å². The predicted octanol–water partition coefficient (Wildman–Crippen LogP) is 1.10. The fourth-order valence-electron chi connectivity index (χ4n) is 1.25. The highest BCUT2D eigenvalue weighted by molar-refractivity contribution is 7.09. The third-order valence-electron chi connectivity index (χ3n) is 2.07. The van der Waals surface area contributed by atoms with Crippen molar-refractivity contribution in [2.75, 3.05) is 33.9 Å². The van der Waals surface area contributed by atoms with Gasteiger partial charge in [0.05, 0.1) is 6.61 Å². The van der Waals surface area contributed by atoms with Gasteiger partial charge in [0.1, 0.15) is 0 Å². The molecule has 16 heavy (non-hydrogen) atoms. The SMILES string of the molecule is CN=C(NCCOC)NCCc1cccs1. The Kier molecular flexibility index (Phi) is 6.60. The first kappa shape index (κ1) is 13.0. The molecular weight excluding hydrogens is 222 g/mol. The van der Waals surface area contributed by atoms with Crippen molar-refractivity contribution in [2.24, 2.45) is 4.99 Å². The van der Waals surface area contributed by atoms with Crippen molar-refractivity contribution in [3.8, 4) is 0 Å². The van der Waals surface area contributed by atoms with Crippen LogP contribution in [0.3, 0.4) is 0 Å². The number of thiophene rings is 1. The Morgan fingerprint density at radius 3 is 2.88 bits per heavy atom. The lowest BCUT2D eigenvalue weighted by Gasteiger charge is -2.10. The van der Waals surface area contributed by atoms with Crippen LogP contribution in [0.5, 0.6) is 0 Å². The molecule has 0 bridgehead atoms. The lowest BCUT2D eigenvalue weighted by molar-refractivity contribution is 0.203. The van der Waals surface area contributed by atoms with E-state index in [1.165, 1.54) is 4.88 Å². The van der Waals surface area contributed by atoms with Crippen molar-refractivity contribution in [2.45, 2.75) is 6.42 Å². The number of nitrogens with one attached hydrogen (secondary N) is 2. The van der Waals surface area contributed by atoms with E-state index in [1.54, 1.807) is 25.5 Å². The number of aliphatic imine (C=N–C) groups is 1. The van der Waals surface area contributed by atoms with Gasteiger partial charge in [-0.05, 0) is 17.9 Å². The molecule has 1 heterocycles. The molecule has 0 unspecified atom stereocenters. The molecule has 5 heteroatoms. The molecule has 1 aromatic rings. The van der Waals surface area contributed by atoms with Crippen LogP contribution in [0.4, 0.5) is 0 Å². The Morgan fingerprint density at radius 2 is 2.25 bits per heavy atom. The zero-order valence-electron chi connectivity index (χ0n) is 9.82. The highest BCUT2D eigenvalue weighted by Crippen LogP contribution is 2.07. The number of nitrogens with zero attached hydrogens (tertiary/aromatic N) is 1. The van der Waals surface area contributed by atoms with E-state index < -0.39 is 0 Å². The van der Waals surface area contributed by atoms with Gasteiger partial charge in [-0.1, -0.05) is 6.07 Å². The molecule has 0 amide bonds. The van der Waals surface area contributed by atoms with E-state index in [-0.39, 0.29) is 0 Å². The first-order chi connectivity index (χ1) is 7.86. The average molecular weight is 241 g/mol.